The quantitative estimate of drug-likeness (QED) is 0.401. The lowest BCUT2D eigenvalue weighted by atomic mass is 10.3. The van der Waals surface area contributed by atoms with Crippen molar-refractivity contribution in [2.75, 3.05) is 13.2 Å². The maximum atomic E-state index is 11.5. The van der Waals surface area contributed by atoms with Crippen molar-refractivity contribution in [3.8, 4) is 12.1 Å². The van der Waals surface area contributed by atoms with Crippen molar-refractivity contribution in [1.29, 1.82) is 10.5 Å². The summed E-state index contributed by atoms with van der Waals surface area (Å²) in [6, 6.07) is 1.78. The number of nitriles is 2. The smallest absolute Gasteiger partial charge is 0.340 e. The lowest BCUT2D eigenvalue weighted by molar-refractivity contribution is -0.157. The number of ether oxygens (including phenoxy) is 2. The van der Waals surface area contributed by atoms with Gasteiger partial charge in [0.15, 0.2) is 0 Å². The second-order valence-corrected chi connectivity index (χ2v) is 2.89. The zero-order chi connectivity index (χ0) is 14.0. The summed E-state index contributed by atoms with van der Waals surface area (Å²) in [5, 5.41) is 19.4. The predicted molar refractivity (Wildman–Crippen MR) is 59.5 cm³/mol. The van der Waals surface area contributed by atoms with Crippen LogP contribution >= 0.6 is 0 Å². The molecule has 7 nitrogen and oxygen atoms in total. The van der Waals surface area contributed by atoms with Crippen LogP contribution in [-0.2, 0) is 19.1 Å². The fraction of sp³-hybridized carbons (Fsp3) is 0.455. The molecule has 0 radical (unpaired) electrons. The van der Waals surface area contributed by atoms with Gasteiger partial charge in [-0.3, -0.25) is 0 Å². The molecule has 0 aromatic rings. The maximum absolute atomic E-state index is 11.5. The monoisotopic (exact) mass is 251 g/mol. The third kappa shape index (κ3) is 4.99. The highest BCUT2D eigenvalue weighted by Gasteiger charge is 2.28. The molecule has 0 amide bonds. The molecule has 0 atom stereocenters. The molecular weight excluding hydrogens is 238 g/mol. The summed E-state index contributed by atoms with van der Waals surface area (Å²) in [7, 11) is 0. The van der Waals surface area contributed by atoms with Gasteiger partial charge in [-0.25, -0.2) is 9.59 Å². The number of nitrogens with one attached hydrogen (secondary N) is 1. The molecule has 0 aliphatic rings. The number of esters is 2. The van der Waals surface area contributed by atoms with Crippen LogP contribution in [0, 0.1) is 22.7 Å². The van der Waals surface area contributed by atoms with E-state index < -0.39 is 18.0 Å². The van der Waals surface area contributed by atoms with Crippen LogP contribution in [0.5, 0.6) is 0 Å². The van der Waals surface area contributed by atoms with Gasteiger partial charge in [0.1, 0.15) is 17.7 Å². The fourth-order valence-electron chi connectivity index (χ4n) is 0.940. The highest BCUT2D eigenvalue weighted by molar-refractivity contribution is 5.99. The zero-order valence-electron chi connectivity index (χ0n) is 10.1. The molecule has 0 heterocycles. The van der Waals surface area contributed by atoms with E-state index in [1.165, 1.54) is 0 Å². The van der Waals surface area contributed by atoms with Crippen LogP contribution in [0.1, 0.15) is 13.8 Å². The van der Waals surface area contributed by atoms with E-state index in [2.05, 4.69) is 14.8 Å². The number of carbonyl (C=O) groups is 2. The summed E-state index contributed by atoms with van der Waals surface area (Å²) >= 11 is 0. The van der Waals surface area contributed by atoms with Crippen LogP contribution in [0.25, 0.3) is 0 Å². The minimum absolute atomic E-state index is 0.101. The molecular formula is C11H13N3O4. The van der Waals surface area contributed by atoms with Gasteiger partial charge in [0.2, 0.25) is 6.04 Å². The van der Waals surface area contributed by atoms with E-state index in [-0.39, 0.29) is 18.8 Å². The summed E-state index contributed by atoms with van der Waals surface area (Å²) in [6.07, 6.45) is 0.971. The van der Waals surface area contributed by atoms with Crippen molar-refractivity contribution in [2.45, 2.75) is 19.9 Å². The van der Waals surface area contributed by atoms with Crippen molar-refractivity contribution in [3.63, 3.8) is 0 Å². The average Bonchev–Trinajstić information content (AvgIpc) is 2.35. The first kappa shape index (κ1) is 15.5. The van der Waals surface area contributed by atoms with Gasteiger partial charge < -0.3 is 14.8 Å². The molecule has 0 saturated carbocycles. The first-order chi connectivity index (χ1) is 8.60. The topological polar surface area (TPSA) is 112 Å². The molecule has 0 bridgehead atoms. The molecule has 0 aliphatic heterocycles. The first-order valence-corrected chi connectivity index (χ1v) is 5.20. The van der Waals surface area contributed by atoms with Gasteiger partial charge in [0.25, 0.3) is 0 Å². The molecule has 7 heteroatoms. The highest BCUT2D eigenvalue weighted by atomic mass is 16.6. The normalized spacial score (nSPS) is 8.72. The fourth-order valence-corrected chi connectivity index (χ4v) is 0.940. The van der Waals surface area contributed by atoms with Crippen LogP contribution in [0.15, 0.2) is 11.8 Å². The average molecular weight is 251 g/mol. The van der Waals surface area contributed by atoms with Gasteiger partial charge >= 0.3 is 11.9 Å². The number of hydrogen-bond donors (Lipinski definition) is 1. The minimum atomic E-state index is -1.39. The third-order valence-corrected chi connectivity index (χ3v) is 1.68. The summed E-state index contributed by atoms with van der Waals surface area (Å²) in [4.78, 5) is 22.9. The number of hydrogen-bond acceptors (Lipinski definition) is 7. The summed E-state index contributed by atoms with van der Waals surface area (Å²) < 4.78 is 9.35. The van der Waals surface area contributed by atoms with Gasteiger partial charge in [0.05, 0.1) is 13.2 Å². The molecule has 96 valence electrons. The highest BCUT2D eigenvalue weighted by Crippen LogP contribution is 1.96. The molecule has 0 saturated heterocycles. The molecule has 0 spiro atoms. The predicted octanol–water partition coefficient (Wildman–Crippen LogP) is 0.00186. The number of allylic oxidation sites excluding steroid dienone is 1. The second-order valence-electron chi connectivity index (χ2n) is 2.89. The van der Waals surface area contributed by atoms with E-state index in [1.807, 2.05) is 0 Å². The Morgan fingerprint density at radius 3 is 1.94 bits per heavy atom. The lowest BCUT2D eigenvalue weighted by Crippen LogP contribution is -2.43. The van der Waals surface area contributed by atoms with Crippen molar-refractivity contribution in [3.05, 3.63) is 11.8 Å². The number of nitrogens with zero attached hydrogens (tertiary/aromatic N) is 2. The molecule has 0 aliphatic carbocycles. The van der Waals surface area contributed by atoms with Crippen LogP contribution in [0.4, 0.5) is 0 Å². The summed E-state index contributed by atoms with van der Waals surface area (Å²) in [6.45, 7) is 3.38. The van der Waals surface area contributed by atoms with Crippen molar-refractivity contribution in [2.24, 2.45) is 0 Å². The van der Waals surface area contributed by atoms with Gasteiger partial charge in [-0.2, -0.15) is 10.5 Å². The molecule has 18 heavy (non-hydrogen) atoms. The van der Waals surface area contributed by atoms with Gasteiger partial charge in [-0.1, -0.05) is 0 Å². The number of rotatable bonds is 6. The third-order valence-electron chi connectivity index (χ3n) is 1.68. The minimum Gasteiger partial charge on any atom is -0.464 e. The van der Waals surface area contributed by atoms with Crippen LogP contribution in [0.2, 0.25) is 0 Å². The first-order valence-electron chi connectivity index (χ1n) is 5.20. The van der Waals surface area contributed by atoms with E-state index in [0.717, 1.165) is 6.20 Å². The van der Waals surface area contributed by atoms with Gasteiger partial charge in [-0.05, 0) is 13.8 Å². The lowest BCUT2D eigenvalue weighted by Gasteiger charge is -2.14. The van der Waals surface area contributed by atoms with E-state index in [1.54, 1.807) is 26.0 Å². The Hall–Kier alpha value is -2.54. The SMILES string of the molecule is CCOC(=O)C(NC=C(C#N)C#N)C(=O)OCC. The van der Waals surface area contributed by atoms with Crippen LogP contribution < -0.4 is 5.32 Å². The number of carbonyl (C=O) groups excluding carboxylic acids is 2. The second kappa shape index (κ2) is 8.59. The Morgan fingerprint density at radius 1 is 1.17 bits per heavy atom. The molecule has 0 aromatic heterocycles. The van der Waals surface area contributed by atoms with Gasteiger partial charge in [0, 0.05) is 6.20 Å². The van der Waals surface area contributed by atoms with Crippen LogP contribution in [-0.4, -0.2) is 31.2 Å². The Labute approximate surface area is 105 Å². The van der Waals surface area contributed by atoms with E-state index in [4.69, 9.17) is 10.5 Å². The van der Waals surface area contributed by atoms with E-state index >= 15 is 0 Å². The van der Waals surface area contributed by atoms with E-state index in [0.29, 0.717) is 0 Å². The summed E-state index contributed by atoms with van der Waals surface area (Å²) in [5.74, 6) is -1.66. The Bertz CT molecular complexity index is 383. The molecule has 0 unspecified atom stereocenters. The Morgan fingerprint density at radius 2 is 1.61 bits per heavy atom. The maximum Gasteiger partial charge on any atom is 0.340 e. The Balaban J connectivity index is 4.85. The molecule has 1 N–H and O–H groups in total. The van der Waals surface area contributed by atoms with Gasteiger partial charge in [-0.15, -0.1) is 0 Å². The van der Waals surface area contributed by atoms with Crippen LogP contribution in [0.3, 0.4) is 0 Å². The van der Waals surface area contributed by atoms with Crippen molar-refractivity contribution in [1.82, 2.24) is 5.32 Å². The largest absolute Gasteiger partial charge is 0.464 e. The summed E-state index contributed by atoms with van der Waals surface area (Å²) in [5.41, 5.74) is -0.270. The van der Waals surface area contributed by atoms with E-state index in [9.17, 15) is 9.59 Å². The van der Waals surface area contributed by atoms with Crippen molar-refractivity contribution >= 4 is 11.9 Å². The molecule has 0 rings (SSSR count). The van der Waals surface area contributed by atoms with Crippen molar-refractivity contribution < 1.29 is 19.1 Å². The molecule has 0 fully saturated rings. The Kier molecular flexibility index (Phi) is 7.38. The molecule has 0 aromatic carbocycles. The standard InChI is InChI=1S/C11H13N3O4/c1-3-17-10(15)9(11(16)18-4-2)14-7-8(5-12)6-13/h7,9,14H,3-4H2,1-2H3. The zero-order valence-corrected chi connectivity index (χ0v) is 10.1.